The highest BCUT2D eigenvalue weighted by Crippen LogP contribution is 2.22. The zero-order chi connectivity index (χ0) is 13.4. The molecule has 1 N–H and O–H groups in total. The van der Waals surface area contributed by atoms with Crippen LogP contribution in [0, 0.1) is 0 Å². The van der Waals surface area contributed by atoms with Crippen LogP contribution in [0.15, 0.2) is 28.7 Å². The summed E-state index contributed by atoms with van der Waals surface area (Å²) in [5, 5.41) is 0. The molecule has 1 aromatic rings. The normalized spacial score (nSPS) is 11.4. The molecular formula is C11H16BrNO4S. The molecule has 0 aliphatic heterocycles. The Hall–Kier alpha value is -0.630. The van der Waals surface area contributed by atoms with E-state index < -0.39 is 10.0 Å². The van der Waals surface area contributed by atoms with E-state index in [1.165, 1.54) is 0 Å². The van der Waals surface area contributed by atoms with Gasteiger partial charge in [-0.3, -0.25) is 4.72 Å². The number of benzene rings is 1. The van der Waals surface area contributed by atoms with Crippen LogP contribution in [0.25, 0.3) is 0 Å². The number of hydrogen-bond acceptors (Lipinski definition) is 4. The van der Waals surface area contributed by atoms with E-state index in [1.807, 2.05) is 6.07 Å². The second-order valence-electron chi connectivity index (χ2n) is 3.51. The molecule has 1 aromatic carbocycles. The lowest BCUT2D eigenvalue weighted by Crippen LogP contribution is -2.21. The third-order valence-corrected chi connectivity index (χ3v) is 3.99. The van der Waals surface area contributed by atoms with Crippen LogP contribution >= 0.6 is 15.9 Å². The Morgan fingerprint density at radius 2 is 1.94 bits per heavy atom. The maximum absolute atomic E-state index is 11.7. The molecule has 0 spiro atoms. The number of anilines is 1. The molecule has 18 heavy (non-hydrogen) atoms. The second kappa shape index (κ2) is 7.73. The fourth-order valence-corrected chi connectivity index (χ4v) is 2.64. The maximum Gasteiger partial charge on any atom is 0.235 e. The monoisotopic (exact) mass is 337 g/mol. The summed E-state index contributed by atoms with van der Waals surface area (Å²) >= 11 is 3.28. The van der Waals surface area contributed by atoms with Gasteiger partial charge in [0.1, 0.15) is 0 Å². The van der Waals surface area contributed by atoms with Crippen LogP contribution in [0.3, 0.4) is 0 Å². The van der Waals surface area contributed by atoms with E-state index in [2.05, 4.69) is 20.7 Å². The van der Waals surface area contributed by atoms with E-state index in [0.717, 1.165) is 0 Å². The first kappa shape index (κ1) is 15.4. The predicted octanol–water partition coefficient (Wildman–Crippen LogP) is 1.85. The highest BCUT2D eigenvalue weighted by atomic mass is 79.9. The molecule has 0 aliphatic carbocycles. The summed E-state index contributed by atoms with van der Waals surface area (Å²) in [5.41, 5.74) is 0.523. The fourth-order valence-electron chi connectivity index (χ4n) is 1.18. The first-order valence-electron chi connectivity index (χ1n) is 5.37. The number of hydrogen-bond donors (Lipinski definition) is 1. The summed E-state index contributed by atoms with van der Waals surface area (Å²) in [7, 11) is -1.83. The molecule has 0 fully saturated rings. The van der Waals surface area contributed by atoms with Gasteiger partial charge < -0.3 is 9.47 Å². The zero-order valence-electron chi connectivity index (χ0n) is 10.1. The lowest BCUT2D eigenvalue weighted by atomic mass is 10.3. The molecule has 0 saturated carbocycles. The van der Waals surface area contributed by atoms with Gasteiger partial charge in [0.05, 0.1) is 31.3 Å². The Kier molecular flexibility index (Phi) is 6.62. The molecule has 0 atom stereocenters. The van der Waals surface area contributed by atoms with Crippen LogP contribution in [-0.4, -0.2) is 41.1 Å². The fraction of sp³-hybridized carbons (Fsp3) is 0.455. The molecule has 5 nitrogen and oxygen atoms in total. The molecule has 0 amide bonds. The third kappa shape index (κ3) is 5.81. The van der Waals surface area contributed by atoms with Gasteiger partial charge in [0.25, 0.3) is 0 Å². The quantitative estimate of drug-likeness (QED) is 0.735. The highest BCUT2D eigenvalue weighted by Gasteiger charge is 2.11. The van der Waals surface area contributed by atoms with Crippen molar-refractivity contribution in [2.45, 2.75) is 0 Å². The molecule has 0 saturated heterocycles. The van der Waals surface area contributed by atoms with Crippen molar-refractivity contribution in [1.82, 2.24) is 0 Å². The van der Waals surface area contributed by atoms with Crippen LogP contribution in [-0.2, 0) is 19.5 Å². The number of ether oxygens (including phenoxy) is 2. The van der Waals surface area contributed by atoms with Gasteiger partial charge in [0.2, 0.25) is 10.0 Å². The minimum Gasteiger partial charge on any atom is -0.382 e. The summed E-state index contributed by atoms with van der Waals surface area (Å²) in [6.07, 6.45) is 0. The first-order chi connectivity index (χ1) is 8.55. The molecule has 0 bridgehead atoms. The van der Waals surface area contributed by atoms with E-state index >= 15 is 0 Å². The van der Waals surface area contributed by atoms with Gasteiger partial charge in [-0.25, -0.2) is 8.42 Å². The van der Waals surface area contributed by atoms with E-state index in [0.29, 0.717) is 23.4 Å². The maximum atomic E-state index is 11.7. The predicted molar refractivity (Wildman–Crippen MR) is 74.2 cm³/mol. The highest BCUT2D eigenvalue weighted by molar-refractivity contribution is 9.10. The Labute approximate surface area is 116 Å². The summed E-state index contributed by atoms with van der Waals surface area (Å²) in [5.74, 6) is -0.0853. The lowest BCUT2D eigenvalue weighted by molar-refractivity contribution is 0.0785. The molecule has 0 radical (unpaired) electrons. The number of sulfonamides is 1. The number of rotatable bonds is 8. The summed E-state index contributed by atoms with van der Waals surface area (Å²) < 4.78 is 36.6. The van der Waals surface area contributed by atoms with Gasteiger partial charge in [-0.2, -0.15) is 0 Å². The van der Waals surface area contributed by atoms with Crippen LogP contribution in [0.5, 0.6) is 0 Å². The zero-order valence-corrected chi connectivity index (χ0v) is 12.5. The van der Waals surface area contributed by atoms with Crippen LogP contribution in [0.4, 0.5) is 5.69 Å². The van der Waals surface area contributed by atoms with Gasteiger partial charge in [0, 0.05) is 11.6 Å². The van der Waals surface area contributed by atoms with Gasteiger partial charge in [-0.1, -0.05) is 12.1 Å². The number of methoxy groups -OCH3 is 1. The number of halogens is 1. The molecule has 0 aliphatic rings. The Balaban J connectivity index is 2.43. The van der Waals surface area contributed by atoms with E-state index in [1.54, 1.807) is 25.3 Å². The number of nitrogens with one attached hydrogen (secondary N) is 1. The Bertz CT molecular complexity index is 464. The standard InChI is InChI=1S/C11H16BrNO4S/c1-16-6-7-17-8-9-18(14,15)13-11-5-3-2-4-10(11)12/h2-5,13H,6-9H2,1H3. The van der Waals surface area contributed by atoms with Gasteiger partial charge in [0.15, 0.2) is 0 Å². The molecule has 0 heterocycles. The van der Waals surface area contributed by atoms with Crippen molar-refractivity contribution in [3.8, 4) is 0 Å². The molecule has 1 rings (SSSR count). The van der Waals surface area contributed by atoms with Crippen molar-refractivity contribution < 1.29 is 17.9 Å². The van der Waals surface area contributed by atoms with Crippen LogP contribution < -0.4 is 4.72 Å². The van der Waals surface area contributed by atoms with E-state index in [4.69, 9.17) is 9.47 Å². The largest absolute Gasteiger partial charge is 0.382 e. The number of para-hydroxylation sites is 1. The van der Waals surface area contributed by atoms with Crippen molar-refractivity contribution in [2.75, 3.05) is 37.4 Å². The Morgan fingerprint density at radius 1 is 1.22 bits per heavy atom. The molecule has 0 aromatic heterocycles. The van der Waals surface area contributed by atoms with Crippen molar-refractivity contribution in [3.63, 3.8) is 0 Å². The summed E-state index contributed by atoms with van der Waals surface area (Å²) in [6, 6.07) is 7.04. The minimum atomic E-state index is -3.39. The van der Waals surface area contributed by atoms with Crippen LogP contribution in [0.1, 0.15) is 0 Å². The smallest absolute Gasteiger partial charge is 0.235 e. The minimum absolute atomic E-state index is 0.0853. The summed E-state index contributed by atoms with van der Waals surface area (Å²) in [4.78, 5) is 0. The SMILES string of the molecule is COCCOCCS(=O)(=O)Nc1ccccc1Br. The van der Waals surface area contributed by atoms with Crippen molar-refractivity contribution in [1.29, 1.82) is 0 Å². The van der Waals surface area contributed by atoms with E-state index in [-0.39, 0.29) is 12.4 Å². The molecule has 7 heteroatoms. The Morgan fingerprint density at radius 3 is 2.61 bits per heavy atom. The first-order valence-corrected chi connectivity index (χ1v) is 7.81. The molecule has 102 valence electrons. The average Bonchev–Trinajstić information content (AvgIpc) is 2.31. The van der Waals surface area contributed by atoms with Crippen molar-refractivity contribution >= 4 is 31.6 Å². The average molecular weight is 338 g/mol. The third-order valence-electron chi connectivity index (χ3n) is 2.07. The van der Waals surface area contributed by atoms with Gasteiger partial charge in [-0.15, -0.1) is 0 Å². The van der Waals surface area contributed by atoms with Crippen molar-refractivity contribution in [2.24, 2.45) is 0 Å². The lowest BCUT2D eigenvalue weighted by Gasteiger charge is -2.09. The molecular weight excluding hydrogens is 322 g/mol. The topological polar surface area (TPSA) is 64.6 Å². The van der Waals surface area contributed by atoms with Crippen LogP contribution in [0.2, 0.25) is 0 Å². The van der Waals surface area contributed by atoms with Crippen molar-refractivity contribution in [3.05, 3.63) is 28.7 Å². The molecule has 0 unspecified atom stereocenters. The summed E-state index contributed by atoms with van der Waals surface area (Å²) in [6.45, 7) is 0.988. The van der Waals surface area contributed by atoms with Gasteiger partial charge >= 0.3 is 0 Å². The van der Waals surface area contributed by atoms with E-state index in [9.17, 15) is 8.42 Å². The van der Waals surface area contributed by atoms with Gasteiger partial charge in [-0.05, 0) is 28.1 Å². The second-order valence-corrected chi connectivity index (χ2v) is 6.20.